The molecule has 0 saturated heterocycles. The highest BCUT2D eigenvalue weighted by Gasteiger charge is 2.18. The zero-order valence-corrected chi connectivity index (χ0v) is 21.4. The molecule has 1 aromatic heterocycles. The summed E-state index contributed by atoms with van der Waals surface area (Å²) in [6, 6.07) is 20.7. The van der Waals surface area contributed by atoms with Crippen molar-refractivity contribution in [2.45, 2.75) is 19.6 Å². The second kappa shape index (κ2) is 11.2. The molecule has 1 aliphatic rings. The number of nitrogens with one attached hydrogen (secondary N) is 1. The maximum absolute atomic E-state index is 13.6. The van der Waals surface area contributed by atoms with Crippen molar-refractivity contribution in [3.05, 3.63) is 116 Å². The van der Waals surface area contributed by atoms with Gasteiger partial charge in [-0.15, -0.1) is 0 Å². The number of para-hydroxylation sites is 1. The van der Waals surface area contributed by atoms with Gasteiger partial charge in [-0.3, -0.25) is 4.57 Å². The molecular formula is C28H28FN7O3. The quantitative estimate of drug-likeness (QED) is 0.342. The van der Waals surface area contributed by atoms with E-state index in [0.717, 1.165) is 21.4 Å². The number of benzene rings is 3. The minimum absolute atomic E-state index is 0.0337. The van der Waals surface area contributed by atoms with Crippen molar-refractivity contribution in [2.75, 3.05) is 25.5 Å². The topological polar surface area (TPSA) is 120 Å². The third-order valence-electron chi connectivity index (χ3n) is 6.48. The van der Waals surface area contributed by atoms with E-state index in [1.165, 1.54) is 28.8 Å². The number of anilines is 1. The first-order valence-corrected chi connectivity index (χ1v) is 12.4. The molecule has 0 bridgehead atoms. The van der Waals surface area contributed by atoms with Gasteiger partial charge >= 0.3 is 11.4 Å². The van der Waals surface area contributed by atoms with E-state index in [-0.39, 0.29) is 19.0 Å². The number of guanidine groups is 1. The highest BCUT2D eigenvalue weighted by Crippen LogP contribution is 2.24. The Balaban J connectivity index is 1.40. The van der Waals surface area contributed by atoms with Crippen molar-refractivity contribution >= 4 is 17.6 Å². The smallest absolute Gasteiger partial charge is 0.355 e. The molecule has 0 fully saturated rings. The molecule has 10 nitrogen and oxygen atoms in total. The lowest BCUT2D eigenvalue weighted by atomic mass is 10.1. The summed E-state index contributed by atoms with van der Waals surface area (Å²) >= 11 is 0. The Morgan fingerprint density at radius 2 is 1.62 bits per heavy atom. The van der Waals surface area contributed by atoms with Crippen LogP contribution in [0.15, 0.2) is 87.4 Å². The van der Waals surface area contributed by atoms with E-state index in [1.807, 2.05) is 41.3 Å². The van der Waals surface area contributed by atoms with E-state index < -0.39 is 17.2 Å². The van der Waals surface area contributed by atoms with Crippen molar-refractivity contribution in [1.29, 1.82) is 0 Å². The Labute approximate surface area is 223 Å². The van der Waals surface area contributed by atoms with Crippen LogP contribution in [0.25, 0.3) is 0 Å². The fourth-order valence-electron chi connectivity index (χ4n) is 4.36. The van der Waals surface area contributed by atoms with Crippen molar-refractivity contribution in [1.82, 2.24) is 19.0 Å². The van der Waals surface area contributed by atoms with Gasteiger partial charge in [0.25, 0.3) is 0 Å². The molecular weight excluding hydrogens is 501 g/mol. The van der Waals surface area contributed by atoms with Crippen LogP contribution in [0.1, 0.15) is 16.7 Å². The SMILES string of the molecule is COc1ccc(Cn2c(NCCN3Cc4ccccc4N=C3N)nc(=O)n(Cc3ccc(F)cc3)c2=O)cc1. The summed E-state index contributed by atoms with van der Waals surface area (Å²) in [7, 11) is 1.58. The zero-order chi connectivity index (χ0) is 27.4. The molecule has 0 atom stereocenters. The Bertz CT molecular complexity index is 1610. The van der Waals surface area contributed by atoms with E-state index in [9.17, 15) is 14.0 Å². The zero-order valence-electron chi connectivity index (χ0n) is 21.4. The molecule has 11 heteroatoms. The molecule has 0 amide bonds. The van der Waals surface area contributed by atoms with Crippen LogP contribution in [-0.2, 0) is 19.6 Å². The normalized spacial score (nSPS) is 12.6. The minimum Gasteiger partial charge on any atom is -0.497 e. The second-order valence-corrected chi connectivity index (χ2v) is 9.09. The summed E-state index contributed by atoms with van der Waals surface area (Å²) in [5.74, 6) is 0.827. The van der Waals surface area contributed by atoms with Gasteiger partial charge in [-0.1, -0.05) is 42.5 Å². The van der Waals surface area contributed by atoms with E-state index in [0.29, 0.717) is 36.9 Å². The van der Waals surface area contributed by atoms with Gasteiger partial charge in [0.2, 0.25) is 5.95 Å². The summed E-state index contributed by atoms with van der Waals surface area (Å²) in [4.78, 5) is 37.1. The van der Waals surface area contributed by atoms with Gasteiger partial charge in [-0.05, 0) is 47.0 Å². The fourth-order valence-corrected chi connectivity index (χ4v) is 4.36. The minimum atomic E-state index is -0.703. The standard InChI is InChI=1S/C28H28FN7O3/c1-39-23-12-8-20(9-13-23)16-35-26(31-14-15-34-18-21-4-2-3-5-24(21)32-25(34)30)33-27(37)36(28(35)38)17-19-6-10-22(29)11-7-19/h2-13H,14-18H2,1H3,(H2,30,32)(H,31,33,37). The molecule has 0 unspecified atom stereocenters. The average molecular weight is 530 g/mol. The number of nitrogens with two attached hydrogens (primary N) is 1. The lowest BCUT2D eigenvalue weighted by Gasteiger charge is -2.28. The monoisotopic (exact) mass is 529 g/mol. The van der Waals surface area contributed by atoms with E-state index >= 15 is 0 Å². The summed E-state index contributed by atoms with van der Waals surface area (Å²) in [5, 5.41) is 3.14. The fraction of sp³-hybridized carbons (Fsp3) is 0.214. The average Bonchev–Trinajstić information content (AvgIpc) is 2.94. The Morgan fingerprint density at radius 3 is 2.33 bits per heavy atom. The number of aromatic nitrogens is 3. The summed E-state index contributed by atoms with van der Waals surface area (Å²) in [6.45, 7) is 1.56. The predicted molar refractivity (Wildman–Crippen MR) is 147 cm³/mol. The second-order valence-electron chi connectivity index (χ2n) is 9.09. The maximum Gasteiger partial charge on any atom is 0.355 e. The number of fused-ring (bicyclic) bond motifs is 1. The first-order chi connectivity index (χ1) is 18.9. The van der Waals surface area contributed by atoms with Crippen LogP contribution < -0.4 is 27.2 Å². The predicted octanol–water partition coefficient (Wildman–Crippen LogP) is 2.52. The third kappa shape index (κ3) is 5.82. The van der Waals surface area contributed by atoms with Gasteiger partial charge in [0.05, 0.1) is 25.9 Å². The highest BCUT2D eigenvalue weighted by molar-refractivity contribution is 5.83. The van der Waals surface area contributed by atoms with Crippen LogP contribution in [0, 0.1) is 5.82 Å². The number of hydrogen-bond donors (Lipinski definition) is 2. The largest absolute Gasteiger partial charge is 0.497 e. The molecule has 0 aliphatic carbocycles. The van der Waals surface area contributed by atoms with Crippen molar-refractivity contribution in [3.63, 3.8) is 0 Å². The molecule has 4 aromatic rings. The van der Waals surface area contributed by atoms with Crippen molar-refractivity contribution in [2.24, 2.45) is 10.7 Å². The van der Waals surface area contributed by atoms with Crippen LogP contribution in [0.4, 0.5) is 16.0 Å². The maximum atomic E-state index is 13.6. The Hall–Kier alpha value is -4.93. The lowest BCUT2D eigenvalue weighted by molar-refractivity contribution is 0.414. The number of methoxy groups -OCH3 is 1. The molecule has 0 saturated carbocycles. The van der Waals surface area contributed by atoms with Crippen molar-refractivity contribution < 1.29 is 9.13 Å². The summed E-state index contributed by atoms with van der Waals surface area (Å²) < 4.78 is 21.0. The number of aliphatic imine (C=N–C) groups is 1. The Morgan fingerprint density at radius 1 is 0.949 bits per heavy atom. The van der Waals surface area contributed by atoms with Crippen LogP contribution in [0.5, 0.6) is 5.75 Å². The summed E-state index contributed by atoms with van der Waals surface area (Å²) in [6.07, 6.45) is 0. The molecule has 3 aromatic carbocycles. The molecule has 39 heavy (non-hydrogen) atoms. The number of rotatable bonds is 9. The van der Waals surface area contributed by atoms with Crippen LogP contribution in [0.3, 0.4) is 0 Å². The van der Waals surface area contributed by atoms with E-state index in [1.54, 1.807) is 19.2 Å². The van der Waals surface area contributed by atoms with E-state index in [2.05, 4.69) is 15.3 Å². The first kappa shape index (κ1) is 25.7. The Kier molecular flexibility index (Phi) is 7.39. The molecule has 1 aliphatic heterocycles. The van der Waals surface area contributed by atoms with Gasteiger partial charge < -0.3 is 20.7 Å². The van der Waals surface area contributed by atoms with Crippen LogP contribution in [-0.4, -0.2) is 45.2 Å². The lowest BCUT2D eigenvalue weighted by Crippen LogP contribution is -2.44. The van der Waals surface area contributed by atoms with Gasteiger partial charge in [0, 0.05) is 19.6 Å². The number of nitrogens with zero attached hydrogens (tertiary/aromatic N) is 5. The van der Waals surface area contributed by atoms with Crippen LogP contribution >= 0.6 is 0 Å². The molecule has 3 N–H and O–H groups in total. The molecule has 5 rings (SSSR count). The highest BCUT2D eigenvalue weighted by atomic mass is 19.1. The molecule has 2 heterocycles. The molecule has 0 radical (unpaired) electrons. The third-order valence-corrected chi connectivity index (χ3v) is 6.48. The summed E-state index contributed by atoms with van der Waals surface area (Å²) in [5.41, 5.74) is 8.26. The number of hydrogen-bond acceptors (Lipinski definition) is 8. The van der Waals surface area contributed by atoms with Gasteiger partial charge in [0.15, 0.2) is 5.96 Å². The molecule has 0 spiro atoms. The van der Waals surface area contributed by atoms with Crippen molar-refractivity contribution in [3.8, 4) is 5.75 Å². The van der Waals surface area contributed by atoms with Gasteiger partial charge in [0.1, 0.15) is 11.6 Å². The van der Waals surface area contributed by atoms with Gasteiger partial charge in [-0.2, -0.15) is 4.98 Å². The van der Waals surface area contributed by atoms with E-state index in [4.69, 9.17) is 10.5 Å². The first-order valence-electron chi connectivity index (χ1n) is 12.4. The van der Waals surface area contributed by atoms with Gasteiger partial charge in [-0.25, -0.2) is 23.5 Å². The number of halogens is 1. The van der Waals surface area contributed by atoms with Crippen LogP contribution in [0.2, 0.25) is 0 Å². The molecule has 200 valence electrons. The number of ether oxygens (including phenoxy) is 1.